The number of quaternary nitrogens is 1. The molecule has 1 heterocycles. The molecule has 0 aromatic heterocycles. The second kappa shape index (κ2) is 6.27. The molecule has 0 spiro atoms. The summed E-state index contributed by atoms with van der Waals surface area (Å²) in [7, 11) is 0. The van der Waals surface area contributed by atoms with Crippen LogP contribution >= 0.6 is 0 Å². The van der Waals surface area contributed by atoms with E-state index >= 15 is 0 Å². The molecule has 1 aromatic carbocycles. The quantitative estimate of drug-likeness (QED) is 0.876. The normalized spacial score (nSPS) is 22.6. The highest BCUT2D eigenvalue weighted by Crippen LogP contribution is 2.07. The Hall–Kier alpha value is -1.55. The monoisotopic (exact) mass is 277 g/mol. The predicted molar refractivity (Wildman–Crippen MR) is 78.6 cm³/mol. The molecule has 20 heavy (non-hydrogen) atoms. The van der Waals surface area contributed by atoms with Crippen molar-refractivity contribution < 1.29 is 14.4 Å². The number of likely N-dealkylation sites (tertiary alicyclic amines) is 1. The average molecular weight is 277 g/mol. The molecule has 1 unspecified atom stereocenters. The maximum absolute atomic E-state index is 11.7. The van der Waals surface area contributed by atoms with Crippen LogP contribution in [-0.4, -0.2) is 30.8 Å². The summed E-state index contributed by atoms with van der Waals surface area (Å²) >= 11 is 0. The lowest BCUT2D eigenvalue weighted by Gasteiger charge is -2.21. The topological polar surface area (TPSA) is 42.8 Å². The van der Waals surface area contributed by atoms with Crippen LogP contribution in [0.5, 0.6) is 0 Å². The van der Waals surface area contributed by atoms with Gasteiger partial charge in [-0.25, -0.2) is 4.79 Å². The number of hydrogen-bond donors (Lipinski definition) is 2. The van der Waals surface area contributed by atoms with Gasteiger partial charge in [0.05, 0.1) is 19.1 Å². The number of carbonyl (C=O) groups is 1. The molecule has 0 saturated carbocycles. The average Bonchev–Trinajstić information content (AvgIpc) is 2.75. The minimum atomic E-state index is -0.431. The number of rotatable bonds is 3. The van der Waals surface area contributed by atoms with Crippen molar-refractivity contribution in [1.82, 2.24) is 5.32 Å². The van der Waals surface area contributed by atoms with Crippen LogP contribution in [0.4, 0.5) is 4.79 Å². The molecule has 2 rings (SSSR count). The molecular weight excluding hydrogens is 252 g/mol. The van der Waals surface area contributed by atoms with E-state index in [1.165, 1.54) is 10.5 Å². The molecule has 1 aliphatic rings. The van der Waals surface area contributed by atoms with E-state index in [0.29, 0.717) is 0 Å². The Labute approximate surface area is 121 Å². The fraction of sp³-hybridized carbons (Fsp3) is 0.562. The zero-order valence-electron chi connectivity index (χ0n) is 12.6. The second-order valence-corrected chi connectivity index (χ2v) is 6.50. The molecule has 0 bridgehead atoms. The van der Waals surface area contributed by atoms with Crippen LogP contribution in [0.2, 0.25) is 0 Å². The highest BCUT2D eigenvalue weighted by Gasteiger charge is 2.28. The first-order valence-electron chi connectivity index (χ1n) is 7.29. The lowest BCUT2D eigenvalue weighted by atomic mass is 10.2. The summed E-state index contributed by atoms with van der Waals surface area (Å²) in [5.41, 5.74) is 0.916. The molecule has 110 valence electrons. The van der Waals surface area contributed by atoms with Gasteiger partial charge in [0.1, 0.15) is 12.1 Å². The molecule has 1 fully saturated rings. The van der Waals surface area contributed by atoms with Gasteiger partial charge < -0.3 is 15.0 Å². The molecule has 0 radical (unpaired) electrons. The first-order valence-corrected chi connectivity index (χ1v) is 7.29. The van der Waals surface area contributed by atoms with E-state index in [0.717, 1.165) is 26.1 Å². The van der Waals surface area contributed by atoms with Crippen molar-refractivity contribution in [2.24, 2.45) is 0 Å². The van der Waals surface area contributed by atoms with E-state index in [4.69, 9.17) is 4.74 Å². The highest BCUT2D eigenvalue weighted by molar-refractivity contribution is 5.68. The van der Waals surface area contributed by atoms with Crippen molar-refractivity contribution in [2.45, 2.75) is 45.4 Å². The summed E-state index contributed by atoms with van der Waals surface area (Å²) in [5.74, 6) is 0. The summed E-state index contributed by atoms with van der Waals surface area (Å²) in [4.78, 5) is 13.2. The SMILES string of the molecule is CC(C)(C)OC(=O)N[C@@H]1CC[NH+](Cc2ccccc2)C1. The Bertz CT molecular complexity index is 440. The molecule has 0 aliphatic carbocycles. The zero-order chi connectivity index (χ0) is 14.6. The van der Waals surface area contributed by atoms with Crippen molar-refractivity contribution in [3.8, 4) is 0 Å². The Morgan fingerprint density at radius 1 is 1.35 bits per heavy atom. The van der Waals surface area contributed by atoms with Crippen molar-refractivity contribution in [2.75, 3.05) is 13.1 Å². The Morgan fingerprint density at radius 3 is 2.70 bits per heavy atom. The molecule has 1 aliphatic heterocycles. The first-order chi connectivity index (χ1) is 9.42. The summed E-state index contributed by atoms with van der Waals surface area (Å²) in [6, 6.07) is 10.7. The molecule has 1 aromatic rings. The minimum Gasteiger partial charge on any atom is -0.444 e. The third-order valence-corrected chi connectivity index (χ3v) is 3.40. The Balaban J connectivity index is 1.77. The van der Waals surface area contributed by atoms with Gasteiger partial charge in [-0.15, -0.1) is 0 Å². The van der Waals surface area contributed by atoms with Gasteiger partial charge in [0.2, 0.25) is 0 Å². The van der Waals surface area contributed by atoms with Gasteiger partial charge in [-0.1, -0.05) is 30.3 Å². The smallest absolute Gasteiger partial charge is 0.408 e. The van der Waals surface area contributed by atoms with Crippen molar-refractivity contribution in [3.05, 3.63) is 35.9 Å². The molecule has 2 N–H and O–H groups in total. The third-order valence-electron chi connectivity index (χ3n) is 3.40. The zero-order valence-corrected chi connectivity index (χ0v) is 12.6. The summed E-state index contributed by atoms with van der Waals surface area (Å²) in [5, 5.41) is 2.97. The maximum Gasteiger partial charge on any atom is 0.408 e. The van der Waals surface area contributed by atoms with Crippen molar-refractivity contribution in [3.63, 3.8) is 0 Å². The van der Waals surface area contributed by atoms with Gasteiger partial charge in [0, 0.05) is 12.0 Å². The lowest BCUT2D eigenvalue weighted by molar-refractivity contribution is -0.901. The molecule has 4 nitrogen and oxygen atoms in total. The number of amides is 1. The Morgan fingerprint density at radius 2 is 2.05 bits per heavy atom. The Kier molecular flexibility index (Phi) is 4.65. The third kappa shape index (κ3) is 4.85. The van der Waals surface area contributed by atoms with Crippen LogP contribution in [0.15, 0.2) is 30.3 Å². The largest absolute Gasteiger partial charge is 0.444 e. The van der Waals surface area contributed by atoms with Crippen LogP contribution in [0.25, 0.3) is 0 Å². The highest BCUT2D eigenvalue weighted by atomic mass is 16.6. The van der Waals surface area contributed by atoms with Crippen LogP contribution in [0.3, 0.4) is 0 Å². The van der Waals surface area contributed by atoms with E-state index in [9.17, 15) is 4.79 Å². The van der Waals surface area contributed by atoms with Crippen molar-refractivity contribution >= 4 is 6.09 Å². The molecule has 1 saturated heterocycles. The molecule has 1 amide bonds. The summed E-state index contributed by atoms with van der Waals surface area (Å²) < 4.78 is 5.29. The van der Waals surface area contributed by atoms with Crippen LogP contribution < -0.4 is 10.2 Å². The van der Waals surface area contributed by atoms with E-state index in [2.05, 4.69) is 29.6 Å². The fourth-order valence-corrected chi connectivity index (χ4v) is 2.57. The van der Waals surface area contributed by atoms with Crippen LogP contribution in [-0.2, 0) is 11.3 Å². The van der Waals surface area contributed by atoms with Crippen molar-refractivity contribution in [1.29, 1.82) is 0 Å². The first kappa shape index (κ1) is 14.9. The van der Waals surface area contributed by atoms with Gasteiger partial charge in [-0.3, -0.25) is 0 Å². The van der Waals surface area contributed by atoms with Gasteiger partial charge >= 0.3 is 6.09 Å². The maximum atomic E-state index is 11.7. The minimum absolute atomic E-state index is 0.226. The number of alkyl carbamates (subject to hydrolysis) is 1. The molecule has 2 atom stereocenters. The summed E-state index contributed by atoms with van der Waals surface area (Å²) in [6.07, 6.45) is 0.713. The van der Waals surface area contributed by atoms with Gasteiger partial charge in [-0.05, 0) is 20.8 Å². The number of ether oxygens (including phenoxy) is 1. The number of carbonyl (C=O) groups excluding carboxylic acids is 1. The standard InChI is InChI=1S/C16H24N2O2/c1-16(2,3)20-15(19)17-14-9-10-18(12-14)11-13-7-5-4-6-8-13/h4-8,14H,9-12H2,1-3H3,(H,17,19)/p+1/t14-/m1/s1. The lowest BCUT2D eigenvalue weighted by Crippen LogP contribution is -3.09. The van der Waals surface area contributed by atoms with E-state index in [-0.39, 0.29) is 12.1 Å². The number of hydrogen-bond acceptors (Lipinski definition) is 2. The van der Waals surface area contributed by atoms with Gasteiger partial charge in [0.15, 0.2) is 0 Å². The summed E-state index contributed by atoms with van der Waals surface area (Å²) in [6.45, 7) is 8.73. The van der Waals surface area contributed by atoms with E-state index in [1.807, 2.05) is 26.8 Å². The number of benzene rings is 1. The fourth-order valence-electron chi connectivity index (χ4n) is 2.57. The van der Waals surface area contributed by atoms with Crippen LogP contribution in [0, 0.1) is 0 Å². The van der Waals surface area contributed by atoms with Crippen LogP contribution in [0.1, 0.15) is 32.8 Å². The van der Waals surface area contributed by atoms with E-state index < -0.39 is 5.60 Å². The second-order valence-electron chi connectivity index (χ2n) is 6.50. The van der Waals surface area contributed by atoms with E-state index in [1.54, 1.807) is 0 Å². The van der Waals surface area contributed by atoms with Gasteiger partial charge in [-0.2, -0.15) is 0 Å². The van der Waals surface area contributed by atoms with Gasteiger partial charge in [0.25, 0.3) is 0 Å². The predicted octanol–water partition coefficient (Wildman–Crippen LogP) is 1.37. The number of nitrogens with one attached hydrogen (secondary N) is 2. The molecular formula is C16H25N2O2+. The molecule has 4 heteroatoms.